The van der Waals surface area contributed by atoms with Crippen molar-refractivity contribution >= 4 is 11.9 Å². The topological polar surface area (TPSA) is 66.9 Å². The molecule has 0 unspecified atom stereocenters. The lowest BCUT2D eigenvalue weighted by Gasteiger charge is -2.06. The second kappa shape index (κ2) is 6.35. The molecule has 1 aliphatic rings. The zero-order valence-electron chi connectivity index (χ0n) is 11.7. The van der Waals surface area contributed by atoms with Gasteiger partial charge in [-0.25, -0.2) is 9.97 Å². The summed E-state index contributed by atoms with van der Waals surface area (Å²) < 4.78 is 0. The van der Waals surface area contributed by atoms with E-state index in [9.17, 15) is 4.79 Å². The third-order valence-corrected chi connectivity index (χ3v) is 3.37. The number of benzene rings is 1. The van der Waals surface area contributed by atoms with Gasteiger partial charge in [0.1, 0.15) is 0 Å². The fourth-order valence-corrected chi connectivity index (χ4v) is 2.00. The number of nitrogens with one attached hydrogen (secondary N) is 2. The van der Waals surface area contributed by atoms with Crippen molar-refractivity contribution in [2.45, 2.75) is 25.3 Å². The van der Waals surface area contributed by atoms with Crippen LogP contribution >= 0.6 is 0 Å². The van der Waals surface area contributed by atoms with Crippen LogP contribution in [0, 0.1) is 0 Å². The first-order chi connectivity index (χ1) is 10.3. The van der Waals surface area contributed by atoms with Crippen LogP contribution in [0.4, 0.5) is 5.95 Å². The normalized spacial score (nSPS) is 13.7. The molecule has 2 N–H and O–H groups in total. The van der Waals surface area contributed by atoms with Crippen molar-refractivity contribution in [3.63, 3.8) is 0 Å². The molecule has 21 heavy (non-hydrogen) atoms. The van der Waals surface area contributed by atoms with Crippen LogP contribution in [0.2, 0.25) is 0 Å². The van der Waals surface area contributed by atoms with Crippen molar-refractivity contribution in [2.75, 3.05) is 11.9 Å². The van der Waals surface area contributed by atoms with Crippen LogP contribution in [0.15, 0.2) is 42.7 Å². The summed E-state index contributed by atoms with van der Waals surface area (Å²) in [4.78, 5) is 20.3. The quantitative estimate of drug-likeness (QED) is 0.850. The summed E-state index contributed by atoms with van der Waals surface area (Å²) in [5.74, 6) is 0.460. The molecular formula is C16H18N4O. The molecule has 0 radical (unpaired) electrons. The molecule has 1 saturated carbocycles. The highest BCUT2D eigenvalue weighted by molar-refractivity contribution is 5.93. The highest BCUT2D eigenvalue weighted by Gasteiger charge is 2.21. The number of aromatic nitrogens is 2. The lowest BCUT2D eigenvalue weighted by molar-refractivity contribution is 0.0953. The van der Waals surface area contributed by atoms with E-state index in [4.69, 9.17) is 0 Å². The Kier molecular flexibility index (Phi) is 4.09. The summed E-state index contributed by atoms with van der Waals surface area (Å²) in [5, 5.41) is 6.07. The van der Waals surface area contributed by atoms with Crippen LogP contribution in [0.3, 0.4) is 0 Å². The van der Waals surface area contributed by atoms with Crippen LogP contribution in [-0.2, 0) is 6.42 Å². The molecule has 2 aromatic rings. The molecule has 1 amide bonds. The van der Waals surface area contributed by atoms with Crippen LogP contribution in [0.1, 0.15) is 28.8 Å². The maximum absolute atomic E-state index is 12.0. The first kappa shape index (κ1) is 13.5. The summed E-state index contributed by atoms with van der Waals surface area (Å²) in [6.45, 7) is 0.602. The number of nitrogens with zero attached hydrogens (tertiary/aromatic N) is 2. The van der Waals surface area contributed by atoms with E-state index < -0.39 is 0 Å². The van der Waals surface area contributed by atoms with E-state index in [0.29, 0.717) is 24.1 Å². The second-order valence-corrected chi connectivity index (χ2v) is 5.21. The maximum atomic E-state index is 12.0. The van der Waals surface area contributed by atoms with Crippen LogP contribution in [-0.4, -0.2) is 28.5 Å². The molecular weight excluding hydrogens is 264 g/mol. The molecule has 0 aliphatic heterocycles. The highest BCUT2D eigenvalue weighted by atomic mass is 16.1. The number of hydrogen-bond acceptors (Lipinski definition) is 4. The van der Waals surface area contributed by atoms with Gasteiger partial charge in [-0.1, -0.05) is 30.3 Å². The average Bonchev–Trinajstić information content (AvgIpc) is 3.33. The van der Waals surface area contributed by atoms with E-state index in [-0.39, 0.29) is 5.91 Å². The maximum Gasteiger partial charge on any atom is 0.254 e. The molecule has 1 heterocycles. The molecule has 1 aromatic carbocycles. The van der Waals surface area contributed by atoms with E-state index in [0.717, 1.165) is 6.42 Å². The molecule has 0 spiro atoms. The smallest absolute Gasteiger partial charge is 0.254 e. The number of carbonyl (C=O) groups is 1. The standard InChI is InChI=1S/C16H18N4O/c21-15(17-9-8-12-4-2-1-3-5-12)13-10-18-16(19-11-13)20-14-6-7-14/h1-5,10-11,14H,6-9H2,(H,17,21)(H,18,19,20). The van der Waals surface area contributed by atoms with Gasteiger partial charge in [-0.2, -0.15) is 0 Å². The number of rotatable bonds is 6. The minimum absolute atomic E-state index is 0.135. The lowest BCUT2D eigenvalue weighted by atomic mass is 10.1. The minimum atomic E-state index is -0.135. The predicted molar refractivity (Wildman–Crippen MR) is 81.2 cm³/mol. The molecule has 5 heteroatoms. The van der Waals surface area contributed by atoms with Crippen molar-refractivity contribution < 1.29 is 4.79 Å². The van der Waals surface area contributed by atoms with Gasteiger partial charge in [-0.3, -0.25) is 4.79 Å². The van der Waals surface area contributed by atoms with Crippen LogP contribution in [0.5, 0.6) is 0 Å². The zero-order chi connectivity index (χ0) is 14.5. The molecule has 5 nitrogen and oxygen atoms in total. The van der Waals surface area contributed by atoms with Crippen molar-refractivity contribution in [1.29, 1.82) is 0 Å². The van der Waals surface area contributed by atoms with Gasteiger partial charge in [0.05, 0.1) is 5.56 Å². The van der Waals surface area contributed by atoms with Crippen molar-refractivity contribution in [2.24, 2.45) is 0 Å². The van der Waals surface area contributed by atoms with E-state index in [1.54, 1.807) is 12.4 Å². The first-order valence-electron chi connectivity index (χ1n) is 7.22. The Balaban J connectivity index is 1.48. The summed E-state index contributed by atoms with van der Waals surface area (Å²) in [6.07, 6.45) is 6.29. The van der Waals surface area contributed by atoms with Gasteiger partial charge >= 0.3 is 0 Å². The van der Waals surface area contributed by atoms with E-state index in [1.807, 2.05) is 30.3 Å². The SMILES string of the molecule is O=C(NCCc1ccccc1)c1cnc(NC2CC2)nc1. The van der Waals surface area contributed by atoms with E-state index in [2.05, 4.69) is 20.6 Å². The molecule has 1 aliphatic carbocycles. The van der Waals surface area contributed by atoms with Crippen molar-refractivity contribution in [3.05, 3.63) is 53.9 Å². The average molecular weight is 282 g/mol. The summed E-state index contributed by atoms with van der Waals surface area (Å²) in [7, 11) is 0. The molecule has 3 rings (SSSR count). The third-order valence-electron chi connectivity index (χ3n) is 3.37. The third kappa shape index (κ3) is 4.02. The Morgan fingerprint density at radius 1 is 1.14 bits per heavy atom. The highest BCUT2D eigenvalue weighted by Crippen LogP contribution is 2.22. The summed E-state index contributed by atoms with van der Waals surface area (Å²) in [5.41, 5.74) is 1.70. The zero-order valence-corrected chi connectivity index (χ0v) is 11.7. The Bertz CT molecular complexity index is 593. The van der Waals surface area contributed by atoms with Crippen molar-refractivity contribution in [1.82, 2.24) is 15.3 Å². The van der Waals surface area contributed by atoms with Gasteiger partial charge in [0.15, 0.2) is 0 Å². The van der Waals surface area contributed by atoms with Gasteiger partial charge in [0.2, 0.25) is 5.95 Å². The van der Waals surface area contributed by atoms with Gasteiger partial charge in [-0.05, 0) is 24.8 Å². The number of anilines is 1. The second-order valence-electron chi connectivity index (χ2n) is 5.21. The number of hydrogen-bond donors (Lipinski definition) is 2. The lowest BCUT2D eigenvalue weighted by Crippen LogP contribution is -2.26. The Labute approximate surface area is 123 Å². The molecule has 1 fully saturated rings. The van der Waals surface area contributed by atoms with Gasteiger partial charge in [-0.15, -0.1) is 0 Å². The first-order valence-corrected chi connectivity index (χ1v) is 7.22. The molecule has 1 aromatic heterocycles. The van der Waals surface area contributed by atoms with Gasteiger partial charge in [0, 0.05) is 25.0 Å². The summed E-state index contributed by atoms with van der Waals surface area (Å²) >= 11 is 0. The minimum Gasteiger partial charge on any atom is -0.352 e. The van der Waals surface area contributed by atoms with Crippen molar-refractivity contribution in [3.8, 4) is 0 Å². The number of amides is 1. The fraction of sp³-hybridized carbons (Fsp3) is 0.312. The monoisotopic (exact) mass is 282 g/mol. The molecule has 0 saturated heterocycles. The fourth-order valence-electron chi connectivity index (χ4n) is 2.00. The predicted octanol–water partition coefficient (Wildman–Crippen LogP) is 2.02. The Morgan fingerprint density at radius 2 is 1.86 bits per heavy atom. The van der Waals surface area contributed by atoms with Gasteiger partial charge < -0.3 is 10.6 Å². The summed E-state index contributed by atoms with van der Waals surface area (Å²) in [6, 6.07) is 10.6. The molecule has 0 bridgehead atoms. The Morgan fingerprint density at radius 3 is 2.52 bits per heavy atom. The Hall–Kier alpha value is -2.43. The number of carbonyl (C=O) groups excluding carboxylic acids is 1. The van der Waals surface area contributed by atoms with Crippen LogP contribution < -0.4 is 10.6 Å². The van der Waals surface area contributed by atoms with E-state index >= 15 is 0 Å². The van der Waals surface area contributed by atoms with Crippen LogP contribution in [0.25, 0.3) is 0 Å². The molecule has 108 valence electrons. The largest absolute Gasteiger partial charge is 0.352 e. The van der Waals surface area contributed by atoms with E-state index in [1.165, 1.54) is 18.4 Å². The van der Waals surface area contributed by atoms with Gasteiger partial charge in [0.25, 0.3) is 5.91 Å². The molecule has 0 atom stereocenters.